The number of rotatable bonds is 4. The van der Waals surface area contributed by atoms with Crippen LogP contribution in [0.5, 0.6) is 0 Å². The lowest BCUT2D eigenvalue weighted by molar-refractivity contribution is 0.0238. The minimum absolute atomic E-state index is 0.380. The predicted octanol–water partition coefficient (Wildman–Crippen LogP) is 1.97. The van der Waals surface area contributed by atoms with E-state index in [1.165, 1.54) is 17.8 Å². The van der Waals surface area contributed by atoms with Crippen molar-refractivity contribution in [2.24, 2.45) is 0 Å². The summed E-state index contributed by atoms with van der Waals surface area (Å²) in [6.45, 7) is 4.93. The van der Waals surface area contributed by atoms with Crippen LogP contribution in [0.2, 0.25) is 0 Å². The van der Waals surface area contributed by atoms with Gasteiger partial charge in [-0.3, -0.25) is 0 Å². The normalized spacial score (nSPS) is 21.8. The highest BCUT2D eigenvalue weighted by Gasteiger charge is 2.13. The van der Waals surface area contributed by atoms with Gasteiger partial charge in [-0.2, -0.15) is 0 Å². The Morgan fingerprint density at radius 1 is 1.67 bits per heavy atom. The Bertz CT molecular complexity index is 295. The highest BCUT2D eigenvalue weighted by Crippen LogP contribution is 2.13. The first-order chi connectivity index (χ1) is 7.38. The molecule has 1 aliphatic rings. The van der Waals surface area contributed by atoms with E-state index < -0.39 is 0 Å². The van der Waals surface area contributed by atoms with Crippen LogP contribution in [0, 0.1) is 0 Å². The fraction of sp³-hybridized carbons (Fsp3) is 0.727. The van der Waals surface area contributed by atoms with Crippen molar-refractivity contribution >= 4 is 11.3 Å². The van der Waals surface area contributed by atoms with Crippen molar-refractivity contribution in [2.75, 3.05) is 13.1 Å². The van der Waals surface area contributed by atoms with E-state index in [9.17, 15) is 0 Å². The number of nitrogens with zero attached hydrogens (tertiary/aromatic N) is 1. The summed E-state index contributed by atoms with van der Waals surface area (Å²) < 4.78 is 5.81. The van der Waals surface area contributed by atoms with Crippen LogP contribution in [0.4, 0.5) is 0 Å². The number of nitrogens with one attached hydrogen (secondary N) is 1. The van der Waals surface area contributed by atoms with Crippen LogP contribution in [0.25, 0.3) is 0 Å². The first-order valence-corrected chi connectivity index (χ1v) is 6.52. The zero-order chi connectivity index (χ0) is 10.5. The fourth-order valence-corrected chi connectivity index (χ4v) is 2.47. The zero-order valence-electron chi connectivity index (χ0n) is 9.16. The van der Waals surface area contributed by atoms with Gasteiger partial charge in [0.15, 0.2) is 0 Å². The second kappa shape index (κ2) is 5.58. The molecule has 0 spiro atoms. The molecule has 0 radical (unpaired) electrons. The Hall–Kier alpha value is -0.450. The lowest BCUT2D eigenvalue weighted by atomic mass is 10.1. The number of ether oxygens (including phenoxy) is 1. The van der Waals surface area contributed by atoms with E-state index in [0.717, 1.165) is 25.2 Å². The zero-order valence-corrected chi connectivity index (χ0v) is 9.98. The Morgan fingerprint density at radius 2 is 2.60 bits per heavy atom. The van der Waals surface area contributed by atoms with Crippen molar-refractivity contribution in [1.82, 2.24) is 10.3 Å². The van der Waals surface area contributed by atoms with E-state index >= 15 is 0 Å². The molecule has 1 fully saturated rings. The number of aryl methyl sites for hydroxylation is 1. The molecule has 0 amide bonds. The van der Waals surface area contributed by atoms with Crippen LogP contribution in [0.1, 0.15) is 30.5 Å². The maximum Gasteiger partial charge on any atom is 0.0926 e. The molecule has 0 aromatic carbocycles. The quantitative estimate of drug-likeness (QED) is 0.852. The summed E-state index contributed by atoms with van der Waals surface area (Å²) in [6.07, 6.45) is 3.81. The van der Waals surface area contributed by atoms with Gasteiger partial charge in [0, 0.05) is 11.9 Å². The van der Waals surface area contributed by atoms with Gasteiger partial charge < -0.3 is 10.1 Å². The molecule has 1 aromatic heterocycles. The lowest BCUT2D eigenvalue weighted by Crippen LogP contribution is -2.35. The number of hydrogen-bond acceptors (Lipinski definition) is 4. The minimum Gasteiger partial charge on any atom is -0.371 e. The standard InChI is InChI=1S/C11H18N2OS/c1-2-11-13-9(8-15-11)7-14-10-4-3-5-12-6-10/h8,10,12H,2-7H2,1H3. The smallest absolute Gasteiger partial charge is 0.0926 e. The molecule has 0 bridgehead atoms. The minimum atomic E-state index is 0.380. The Balaban J connectivity index is 1.76. The molecule has 84 valence electrons. The van der Waals surface area contributed by atoms with Gasteiger partial charge in [-0.1, -0.05) is 6.92 Å². The summed E-state index contributed by atoms with van der Waals surface area (Å²) in [4.78, 5) is 4.49. The maximum atomic E-state index is 5.81. The van der Waals surface area contributed by atoms with Gasteiger partial charge in [0.2, 0.25) is 0 Å². The van der Waals surface area contributed by atoms with Crippen molar-refractivity contribution in [1.29, 1.82) is 0 Å². The lowest BCUT2D eigenvalue weighted by Gasteiger charge is -2.22. The van der Waals surface area contributed by atoms with Crippen molar-refractivity contribution in [3.05, 3.63) is 16.1 Å². The van der Waals surface area contributed by atoms with Gasteiger partial charge in [0.25, 0.3) is 0 Å². The van der Waals surface area contributed by atoms with Crippen molar-refractivity contribution in [2.45, 2.75) is 38.9 Å². The molecule has 2 rings (SSSR count). The number of hydrogen-bond donors (Lipinski definition) is 1. The second-order valence-electron chi connectivity index (χ2n) is 3.87. The summed E-state index contributed by atoms with van der Waals surface area (Å²) in [5, 5.41) is 6.65. The molecule has 1 aromatic rings. The molecular weight excluding hydrogens is 208 g/mol. The van der Waals surface area contributed by atoms with E-state index in [1.54, 1.807) is 11.3 Å². The summed E-state index contributed by atoms with van der Waals surface area (Å²) in [7, 11) is 0. The average molecular weight is 226 g/mol. The summed E-state index contributed by atoms with van der Waals surface area (Å²) in [5.74, 6) is 0. The first-order valence-electron chi connectivity index (χ1n) is 5.64. The van der Waals surface area contributed by atoms with Gasteiger partial charge in [-0.15, -0.1) is 11.3 Å². The molecule has 1 unspecified atom stereocenters. The van der Waals surface area contributed by atoms with Crippen molar-refractivity contribution in [3.63, 3.8) is 0 Å². The van der Waals surface area contributed by atoms with Crippen LogP contribution in [0.15, 0.2) is 5.38 Å². The average Bonchev–Trinajstić information content (AvgIpc) is 2.76. The summed E-state index contributed by atoms with van der Waals surface area (Å²) in [5.41, 5.74) is 1.09. The third-order valence-corrected chi connectivity index (χ3v) is 3.66. The van der Waals surface area contributed by atoms with Crippen molar-refractivity contribution < 1.29 is 4.74 Å². The van der Waals surface area contributed by atoms with E-state index in [0.29, 0.717) is 12.7 Å². The van der Waals surface area contributed by atoms with E-state index in [4.69, 9.17) is 4.74 Å². The molecule has 1 saturated heterocycles. The third-order valence-electron chi connectivity index (χ3n) is 2.62. The van der Waals surface area contributed by atoms with E-state index in [2.05, 4.69) is 22.6 Å². The summed E-state index contributed by atoms with van der Waals surface area (Å²) >= 11 is 1.73. The molecule has 2 heterocycles. The van der Waals surface area contributed by atoms with Crippen LogP contribution in [-0.2, 0) is 17.8 Å². The molecule has 1 aliphatic heterocycles. The monoisotopic (exact) mass is 226 g/mol. The van der Waals surface area contributed by atoms with Gasteiger partial charge in [-0.05, 0) is 25.8 Å². The number of aromatic nitrogens is 1. The largest absolute Gasteiger partial charge is 0.371 e. The molecule has 0 aliphatic carbocycles. The molecule has 0 saturated carbocycles. The first kappa shape index (κ1) is 11.0. The highest BCUT2D eigenvalue weighted by atomic mass is 32.1. The Kier molecular flexibility index (Phi) is 4.11. The molecule has 4 heteroatoms. The SMILES string of the molecule is CCc1nc(COC2CCCNC2)cs1. The third kappa shape index (κ3) is 3.26. The Labute approximate surface area is 94.9 Å². The van der Waals surface area contributed by atoms with Crippen LogP contribution >= 0.6 is 11.3 Å². The van der Waals surface area contributed by atoms with Crippen LogP contribution in [0.3, 0.4) is 0 Å². The molecular formula is C11H18N2OS. The van der Waals surface area contributed by atoms with E-state index in [-0.39, 0.29) is 0 Å². The van der Waals surface area contributed by atoms with Crippen LogP contribution < -0.4 is 5.32 Å². The molecule has 15 heavy (non-hydrogen) atoms. The second-order valence-corrected chi connectivity index (χ2v) is 4.81. The number of thiazole rings is 1. The molecule has 1 N–H and O–H groups in total. The predicted molar refractivity (Wildman–Crippen MR) is 62.2 cm³/mol. The van der Waals surface area contributed by atoms with Gasteiger partial charge in [-0.25, -0.2) is 4.98 Å². The molecule has 3 nitrogen and oxygen atoms in total. The highest BCUT2D eigenvalue weighted by molar-refractivity contribution is 7.09. The number of piperidine rings is 1. The fourth-order valence-electron chi connectivity index (χ4n) is 1.74. The van der Waals surface area contributed by atoms with E-state index in [1.807, 2.05) is 0 Å². The summed E-state index contributed by atoms with van der Waals surface area (Å²) in [6, 6.07) is 0. The van der Waals surface area contributed by atoms with Gasteiger partial charge in [0.05, 0.1) is 23.4 Å². The molecule has 1 atom stereocenters. The van der Waals surface area contributed by atoms with Crippen molar-refractivity contribution in [3.8, 4) is 0 Å². The topological polar surface area (TPSA) is 34.1 Å². The van der Waals surface area contributed by atoms with Gasteiger partial charge in [0.1, 0.15) is 0 Å². The van der Waals surface area contributed by atoms with Gasteiger partial charge >= 0.3 is 0 Å². The maximum absolute atomic E-state index is 5.81. The van der Waals surface area contributed by atoms with Crippen LogP contribution in [-0.4, -0.2) is 24.2 Å². The Morgan fingerprint density at radius 3 is 3.27 bits per heavy atom.